The second-order valence-electron chi connectivity index (χ2n) is 6.29. The van der Waals surface area contributed by atoms with E-state index in [-0.39, 0.29) is 5.92 Å². The molecule has 0 amide bonds. The molecule has 0 aliphatic rings. The normalized spacial score (nSPS) is 12.2. The zero-order chi connectivity index (χ0) is 18.5. The predicted molar refractivity (Wildman–Crippen MR) is 100 cm³/mol. The standard InChI is InChI=1S/C17H34N6O2/c1-6-18-17(20-10-12-23(4)11-7-13-24-5)19-9-8-15-21-16(14(2)3)22-25-15/h14H,6-13H2,1-5H3,(H2,18,19,20). The number of aromatic nitrogens is 2. The lowest BCUT2D eigenvalue weighted by Crippen LogP contribution is -2.39. The van der Waals surface area contributed by atoms with E-state index in [0.29, 0.717) is 18.9 Å². The minimum atomic E-state index is 0.283. The highest BCUT2D eigenvalue weighted by molar-refractivity contribution is 5.79. The summed E-state index contributed by atoms with van der Waals surface area (Å²) in [5.41, 5.74) is 0. The van der Waals surface area contributed by atoms with Crippen LogP contribution in [0.4, 0.5) is 0 Å². The summed E-state index contributed by atoms with van der Waals surface area (Å²) in [6.07, 6.45) is 1.72. The lowest BCUT2D eigenvalue weighted by Gasteiger charge is -2.16. The van der Waals surface area contributed by atoms with E-state index in [2.05, 4.69) is 58.5 Å². The Balaban J connectivity index is 2.32. The first kappa shape index (κ1) is 21.4. The van der Waals surface area contributed by atoms with E-state index in [9.17, 15) is 0 Å². The lowest BCUT2D eigenvalue weighted by atomic mass is 10.2. The Kier molecular flexibility index (Phi) is 10.8. The first-order chi connectivity index (χ1) is 12.1. The number of methoxy groups -OCH3 is 1. The topological polar surface area (TPSA) is 87.8 Å². The molecule has 25 heavy (non-hydrogen) atoms. The molecule has 1 aromatic rings. The zero-order valence-corrected chi connectivity index (χ0v) is 16.3. The predicted octanol–water partition coefficient (Wildman–Crippen LogP) is 1.26. The first-order valence-corrected chi connectivity index (χ1v) is 9.09. The number of hydrogen-bond acceptors (Lipinski definition) is 6. The van der Waals surface area contributed by atoms with E-state index in [1.165, 1.54) is 0 Å². The van der Waals surface area contributed by atoms with Gasteiger partial charge in [-0.1, -0.05) is 19.0 Å². The molecule has 1 aromatic heterocycles. The molecule has 1 rings (SSSR count). The van der Waals surface area contributed by atoms with Crippen molar-refractivity contribution < 1.29 is 9.26 Å². The Morgan fingerprint density at radius 1 is 1.32 bits per heavy atom. The molecular formula is C17H34N6O2. The van der Waals surface area contributed by atoms with Crippen molar-refractivity contribution >= 4 is 5.96 Å². The molecule has 0 saturated heterocycles. The average Bonchev–Trinajstić information content (AvgIpc) is 3.04. The lowest BCUT2D eigenvalue weighted by molar-refractivity contribution is 0.180. The first-order valence-electron chi connectivity index (χ1n) is 9.09. The van der Waals surface area contributed by atoms with Crippen LogP contribution < -0.4 is 10.6 Å². The number of guanidine groups is 1. The molecule has 0 spiro atoms. The average molecular weight is 354 g/mol. The van der Waals surface area contributed by atoms with Crippen LogP contribution in [-0.2, 0) is 11.2 Å². The molecule has 1 heterocycles. The van der Waals surface area contributed by atoms with E-state index in [0.717, 1.165) is 51.0 Å². The highest BCUT2D eigenvalue weighted by atomic mass is 16.5. The molecule has 0 atom stereocenters. The largest absolute Gasteiger partial charge is 0.385 e. The maximum Gasteiger partial charge on any atom is 0.228 e. The zero-order valence-electron chi connectivity index (χ0n) is 16.3. The van der Waals surface area contributed by atoms with Crippen LogP contribution >= 0.6 is 0 Å². The van der Waals surface area contributed by atoms with Gasteiger partial charge in [0, 0.05) is 52.2 Å². The quantitative estimate of drug-likeness (QED) is 0.332. The van der Waals surface area contributed by atoms with E-state index >= 15 is 0 Å². The highest BCUT2D eigenvalue weighted by Crippen LogP contribution is 2.09. The number of likely N-dealkylation sites (N-methyl/N-ethyl adjacent to an activating group) is 1. The fourth-order valence-corrected chi connectivity index (χ4v) is 2.16. The van der Waals surface area contributed by atoms with Gasteiger partial charge in [-0.05, 0) is 20.4 Å². The van der Waals surface area contributed by atoms with Crippen LogP contribution in [0.2, 0.25) is 0 Å². The van der Waals surface area contributed by atoms with Gasteiger partial charge in [0.25, 0.3) is 0 Å². The van der Waals surface area contributed by atoms with Crippen molar-refractivity contribution in [3.63, 3.8) is 0 Å². The number of nitrogens with one attached hydrogen (secondary N) is 2. The summed E-state index contributed by atoms with van der Waals surface area (Å²) in [6, 6.07) is 0. The smallest absolute Gasteiger partial charge is 0.228 e. The van der Waals surface area contributed by atoms with Crippen LogP contribution in [0, 0.1) is 0 Å². The second kappa shape index (κ2) is 12.7. The van der Waals surface area contributed by atoms with Gasteiger partial charge in [0.1, 0.15) is 0 Å². The molecule has 0 bridgehead atoms. The number of rotatable bonds is 12. The summed E-state index contributed by atoms with van der Waals surface area (Å²) >= 11 is 0. The van der Waals surface area contributed by atoms with Crippen molar-refractivity contribution in [2.24, 2.45) is 4.99 Å². The van der Waals surface area contributed by atoms with E-state index in [4.69, 9.17) is 9.26 Å². The Labute approximate surface area is 151 Å². The molecule has 0 saturated carbocycles. The molecule has 144 valence electrons. The van der Waals surface area contributed by atoms with Gasteiger partial charge < -0.3 is 24.8 Å². The van der Waals surface area contributed by atoms with Gasteiger partial charge in [0.15, 0.2) is 11.8 Å². The molecule has 0 aromatic carbocycles. The van der Waals surface area contributed by atoms with Crippen LogP contribution in [0.25, 0.3) is 0 Å². The minimum Gasteiger partial charge on any atom is -0.385 e. The van der Waals surface area contributed by atoms with Gasteiger partial charge in [-0.2, -0.15) is 4.98 Å². The monoisotopic (exact) mass is 354 g/mol. The maximum atomic E-state index is 5.25. The van der Waals surface area contributed by atoms with Gasteiger partial charge >= 0.3 is 0 Å². The van der Waals surface area contributed by atoms with Crippen LogP contribution in [0.15, 0.2) is 9.52 Å². The van der Waals surface area contributed by atoms with Crippen molar-refractivity contribution in [1.29, 1.82) is 0 Å². The van der Waals surface area contributed by atoms with Crippen LogP contribution in [0.1, 0.15) is 44.8 Å². The Morgan fingerprint density at radius 2 is 2.12 bits per heavy atom. The SMILES string of the molecule is CCNC(=NCCN(C)CCCOC)NCCc1nc(C(C)C)no1. The van der Waals surface area contributed by atoms with Crippen LogP contribution in [0.5, 0.6) is 0 Å². The number of hydrogen-bond donors (Lipinski definition) is 2. The molecule has 0 unspecified atom stereocenters. The van der Waals surface area contributed by atoms with Gasteiger partial charge in [-0.25, -0.2) is 0 Å². The summed E-state index contributed by atoms with van der Waals surface area (Å²) < 4.78 is 10.3. The number of aliphatic imine (C=N–C) groups is 1. The molecule has 0 aliphatic carbocycles. The van der Waals surface area contributed by atoms with E-state index in [1.807, 2.05) is 0 Å². The Morgan fingerprint density at radius 3 is 2.76 bits per heavy atom. The molecule has 2 N–H and O–H groups in total. The van der Waals surface area contributed by atoms with Crippen LogP contribution in [-0.4, -0.2) is 74.5 Å². The summed E-state index contributed by atoms with van der Waals surface area (Å²) in [5.74, 6) is 2.51. The molecule has 0 radical (unpaired) electrons. The molecule has 0 fully saturated rings. The Hall–Kier alpha value is -1.67. The number of ether oxygens (including phenoxy) is 1. The van der Waals surface area contributed by atoms with Crippen molar-refractivity contribution in [3.05, 3.63) is 11.7 Å². The third-order valence-corrected chi connectivity index (χ3v) is 3.62. The summed E-state index contributed by atoms with van der Waals surface area (Å²) in [6.45, 7) is 11.2. The van der Waals surface area contributed by atoms with Crippen molar-refractivity contribution in [2.45, 2.75) is 39.5 Å². The third-order valence-electron chi connectivity index (χ3n) is 3.62. The van der Waals surface area contributed by atoms with Gasteiger partial charge in [-0.15, -0.1) is 0 Å². The van der Waals surface area contributed by atoms with E-state index in [1.54, 1.807) is 7.11 Å². The third kappa shape index (κ3) is 9.40. The van der Waals surface area contributed by atoms with Gasteiger partial charge in [0.05, 0.1) is 6.54 Å². The van der Waals surface area contributed by atoms with Gasteiger partial charge in [0.2, 0.25) is 5.89 Å². The van der Waals surface area contributed by atoms with Crippen LogP contribution in [0.3, 0.4) is 0 Å². The highest BCUT2D eigenvalue weighted by Gasteiger charge is 2.09. The Bertz CT molecular complexity index is 489. The molecule has 8 heteroatoms. The summed E-state index contributed by atoms with van der Waals surface area (Å²) in [4.78, 5) is 11.2. The minimum absolute atomic E-state index is 0.283. The van der Waals surface area contributed by atoms with Gasteiger partial charge in [-0.3, -0.25) is 4.99 Å². The fraction of sp³-hybridized carbons (Fsp3) is 0.824. The molecule has 8 nitrogen and oxygen atoms in total. The van der Waals surface area contributed by atoms with Crippen molar-refractivity contribution in [1.82, 2.24) is 25.7 Å². The fourth-order valence-electron chi connectivity index (χ4n) is 2.16. The maximum absolute atomic E-state index is 5.25. The molecule has 0 aliphatic heterocycles. The number of nitrogens with zero attached hydrogens (tertiary/aromatic N) is 4. The summed E-state index contributed by atoms with van der Waals surface area (Å²) in [5, 5.41) is 10.5. The van der Waals surface area contributed by atoms with Crippen molar-refractivity contribution in [2.75, 3.05) is 53.5 Å². The second-order valence-corrected chi connectivity index (χ2v) is 6.29. The van der Waals surface area contributed by atoms with Crippen molar-refractivity contribution in [3.8, 4) is 0 Å². The van der Waals surface area contributed by atoms with E-state index < -0.39 is 0 Å². The molecular weight excluding hydrogens is 320 g/mol. The summed E-state index contributed by atoms with van der Waals surface area (Å²) in [7, 11) is 3.84.